The molecule has 1 heterocycles. The Hall–Kier alpha value is -1.91. The van der Waals surface area contributed by atoms with Crippen LogP contribution in [0.2, 0.25) is 5.02 Å². The molecule has 20 heavy (non-hydrogen) atoms. The normalized spacial score (nSPS) is 11.2. The minimum Gasteiger partial charge on any atom is -0.327 e. The summed E-state index contributed by atoms with van der Waals surface area (Å²) >= 11 is 6.11. The van der Waals surface area contributed by atoms with Crippen molar-refractivity contribution in [2.24, 2.45) is 12.8 Å². The second-order valence-corrected chi connectivity index (χ2v) is 5.05. The molecule has 0 spiro atoms. The SMILES string of the molecule is Cn1c(-c2ccc(F)cc2Cl)nc2ccc(CN)cc21. The molecule has 3 nitrogen and oxygen atoms in total. The van der Waals surface area contributed by atoms with Gasteiger partial charge in [0.1, 0.15) is 11.6 Å². The zero-order chi connectivity index (χ0) is 14.3. The van der Waals surface area contributed by atoms with Gasteiger partial charge in [-0.05, 0) is 35.9 Å². The lowest BCUT2D eigenvalue weighted by Gasteiger charge is -2.05. The topological polar surface area (TPSA) is 43.8 Å². The first-order valence-corrected chi connectivity index (χ1v) is 6.59. The lowest BCUT2D eigenvalue weighted by Crippen LogP contribution is -1.97. The van der Waals surface area contributed by atoms with E-state index in [0.717, 1.165) is 16.6 Å². The van der Waals surface area contributed by atoms with Crippen molar-refractivity contribution in [3.8, 4) is 11.4 Å². The van der Waals surface area contributed by atoms with Crippen LogP contribution in [0.5, 0.6) is 0 Å². The smallest absolute Gasteiger partial charge is 0.142 e. The minimum absolute atomic E-state index is 0.349. The van der Waals surface area contributed by atoms with E-state index in [1.54, 1.807) is 6.07 Å². The summed E-state index contributed by atoms with van der Waals surface area (Å²) in [6.45, 7) is 0.480. The minimum atomic E-state index is -0.358. The van der Waals surface area contributed by atoms with Gasteiger partial charge in [0.2, 0.25) is 0 Å². The van der Waals surface area contributed by atoms with Crippen LogP contribution in [-0.2, 0) is 13.6 Å². The lowest BCUT2D eigenvalue weighted by molar-refractivity contribution is 0.628. The Morgan fingerprint density at radius 3 is 2.75 bits per heavy atom. The van der Waals surface area contributed by atoms with Crippen molar-refractivity contribution in [1.82, 2.24) is 9.55 Å². The number of nitrogens with two attached hydrogens (primary N) is 1. The van der Waals surface area contributed by atoms with Crippen molar-refractivity contribution >= 4 is 22.6 Å². The summed E-state index contributed by atoms with van der Waals surface area (Å²) in [4.78, 5) is 4.56. The van der Waals surface area contributed by atoms with Crippen LogP contribution in [0.1, 0.15) is 5.56 Å². The van der Waals surface area contributed by atoms with Gasteiger partial charge in [0.05, 0.1) is 16.1 Å². The standard InChI is InChI=1S/C15H13ClFN3/c1-20-14-6-9(8-18)2-5-13(14)19-15(20)11-4-3-10(17)7-12(11)16/h2-7H,8,18H2,1H3. The van der Waals surface area contributed by atoms with E-state index in [2.05, 4.69) is 4.98 Å². The summed E-state index contributed by atoms with van der Waals surface area (Å²) in [5.74, 6) is 0.349. The summed E-state index contributed by atoms with van der Waals surface area (Å²) < 4.78 is 15.1. The second-order valence-electron chi connectivity index (χ2n) is 4.65. The molecule has 2 aromatic carbocycles. The molecule has 0 saturated carbocycles. The highest BCUT2D eigenvalue weighted by molar-refractivity contribution is 6.33. The first kappa shape index (κ1) is 13.1. The Labute approximate surface area is 120 Å². The number of hydrogen-bond donors (Lipinski definition) is 1. The van der Waals surface area contributed by atoms with Gasteiger partial charge in [0, 0.05) is 19.2 Å². The molecule has 0 saturated heterocycles. The fourth-order valence-electron chi connectivity index (χ4n) is 2.27. The third-order valence-corrected chi connectivity index (χ3v) is 3.67. The average molecular weight is 290 g/mol. The second kappa shape index (κ2) is 4.89. The van der Waals surface area contributed by atoms with Gasteiger partial charge in [-0.1, -0.05) is 17.7 Å². The van der Waals surface area contributed by atoms with Crippen molar-refractivity contribution in [2.75, 3.05) is 0 Å². The largest absolute Gasteiger partial charge is 0.327 e. The number of hydrogen-bond acceptors (Lipinski definition) is 2. The molecule has 0 fully saturated rings. The molecule has 0 aliphatic heterocycles. The predicted octanol–water partition coefficient (Wildman–Crippen LogP) is 3.49. The third kappa shape index (κ3) is 2.07. The van der Waals surface area contributed by atoms with Gasteiger partial charge in [0.25, 0.3) is 0 Å². The molecular weight excluding hydrogens is 277 g/mol. The Bertz CT molecular complexity index is 795. The molecule has 0 unspecified atom stereocenters. The van der Waals surface area contributed by atoms with Crippen molar-refractivity contribution < 1.29 is 4.39 Å². The van der Waals surface area contributed by atoms with Gasteiger partial charge in [-0.25, -0.2) is 9.37 Å². The molecule has 0 amide bonds. The molecule has 0 atom stereocenters. The maximum Gasteiger partial charge on any atom is 0.142 e. The molecule has 0 aliphatic rings. The fraction of sp³-hybridized carbons (Fsp3) is 0.133. The first-order chi connectivity index (χ1) is 9.60. The van der Waals surface area contributed by atoms with E-state index in [1.165, 1.54) is 12.1 Å². The molecule has 102 valence electrons. The maximum atomic E-state index is 13.1. The van der Waals surface area contributed by atoms with Crippen LogP contribution in [0.4, 0.5) is 4.39 Å². The van der Waals surface area contributed by atoms with Crippen molar-refractivity contribution in [1.29, 1.82) is 0 Å². The molecule has 3 aromatic rings. The number of fused-ring (bicyclic) bond motifs is 1. The van der Waals surface area contributed by atoms with Crippen LogP contribution in [0.15, 0.2) is 36.4 Å². The Morgan fingerprint density at radius 1 is 1.25 bits per heavy atom. The van der Waals surface area contributed by atoms with Gasteiger partial charge in [-0.15, -0.1) is 0 Å². The van der Waals surface area contributed by atoms with Crippen LogP contribution in [0, 0.1) is 5.82 Å². The zero-order valence-corrected chi connectivity index (χ0v) is 11.7. The van der Waals surface area contributed by atoms with Crippen LogP contribution in [-0.4, -0.2) is 9.55 Å². The van der Waals surface area contributed by atoms with E-state index in [4.69, 9.17) is 17.3 Å². The van der Waals surface area contributed by atoms with E-state index < -0.39 is 0 Å². The molecule has 2 N–H and O–H groups in total. The van der Waals surface area contributed by atoms with E-state index in [0.29, 0.717) is 23.0 Å². The highest BCUT2D eigenvalue weighted by Gasteiger charge is 2.13. The molecule has 5 heteroatoms. The van der Waals surface area contributed by atoms with Crippen LogP contribution >= 0.6 is 11.6 Å². The van der Waals surface area contributed by atoms with Crippen molar-refractivity contribution in [2.45, 2.75) is 6.54 Å². The van der Waals surface area contributed by atoms with Crippen molar-refractivity contribution in [3.05, 3.63) is 52.8 Å². The van der Waals surface area contributed by atoms with Crippen LogP contribution in [0.3, 0.4) is 0 Å². The maximum absolute atomic E-state index is 13.1. The summed E-state index contributed by atoms with van der Waals surface area (Å²) in [5.41, 5.74) is 9.24. The molecule has 1 aromatic heterocycles. The third-order valence-electron chi connectivity index (χ3n) is 3.35. The van der Waals surface area contributed by atoms with Crippen LogP contribution < -0.4 is 5.73 Å². The van der Waals surface area contributed by atoms with Crippen molar-refractivity contribution in [3.63, 3.8) is 0 Å². The number of aryl methyl sites for hydroxylation is 1. The van der Waals surface area contributed by atoms with Gasteiger partial charge in [0.15, 0.2) is 0 Å². The molecule has 3 rings (SSSR count). The zero-order valence-electron chi connectivity index (χ0n) is 10.9. The summed E-state index contributed by atoms with van der Waals surface area (Å²) in [6, 6.07) is 10.2. The number of nitrogens with zero attached hydrogens (tertiary/aromatic N) is 2. The number of halogens is 2. The highest BCUT2D eigenvalue weighted by Crippen LogP contribution is 2.30. The lowest BCUT2D eigenvalue weighted by atomic mass is 10.2. The first-order valence-electron chi connectivity index (χ1n) is 6.21. The average Bonchev–Trinajstić information content (AvgIpc) is 2.76. The van der Waals surface area contributed by atoms with E-state index in [-0.39, 0.29) is 5.82 Å². The van der Waals surface area contributed by atoms with E-state index in [9.17, 15) is 4.39 Å². The molecule has 0 bridgehead atoms. The van der Waals surface area contributed by atoms with Gasteiger partial charge >= 0.3 is 0 Å². The van der Waals surface area contributed by atoms with Gasteiger partial charge in [-0.2, -0.15) is 0 Å². The van der Waals surface area contributed by atoms with E-state index in [1.807, 2.05) is 29.8 Å². The van der Waals surface area contributed by atoms with E-state index >= 15 is 0 Å². The Kier molecular flexibility index (Phi) is 3.20. The number of rotatable bonds is 2. The predicted molar refractivity (Wildman–Crippen MR) is 79.0 cm³/mol. The Balaban J connectivity index is 2.24. The summed E-state index contributed by atoms with van der Waals surface area (Å²) in [6.07, 6.45) is 0. The number of aromatic nitrogens is 2. The molecule has 0 aliphatic carbocycles. The van der Waals surface area contributed by atoms with Gasteiger partial charge < -0.3 is 10.3 Å². The molecule has 0 radical (unpaired) electrons. The Morgan fingerprint density at radius 2 is 2.05 bits per heavy atom. The monoisotopic (exact) mass is 289 g/mol. The quantitative estimate of drug-likeness (QED) is 0.785. The number of benzene rings is 2. The summed E-state index contributed by atoms with van der Waals surface area (Å²) in [5, 5.41) is 0.349. The number of imidazole rings is 1. The van der Waals surface area contributed by atoms with Gasteiger partial charge in [-0.3, -0.25) is 0 Å². The summed E-state index contributed by atoms with van der Waals surface area (Å²) in [7, 11) is 1.91. The fourth-order valence-corrected chi connectivity index (χ4v) is 2.53. The highest BCUT2D eigenvalue weighted by atomic mass is 35.5. The van der Waals surface area contributed by atoms with Crippen LogP contribution in [0.25, 0.3) is 22.4 Å². The molecular formula is C15H13ClFN3.